The number of hydrogen-bond acceptors (Lipinski definition) is 3. The number of aliphatic carboxylic acids is 1. The molecule has 1 heterocycles. The van der Waals surface area contributed by atoms with Gasteiger partial charge in [-0.15, -0.1) is 0 Å². The molecule has 19 heavy (non-hydrogen) atoms. The number of carboxylic acids is 1. The Kier molecular flexibility index (Phi) is 4.16. The average molecular weight is 263 g/mol. The van der Waals surface area contributed by atoms with Crippen molar-refractivity contribution in [3.05, 3.63) is 35.4 Å². The normalized spacial score (nSPS) is 18.6. The van der Waals surface area contributed by atoms with Gasteiger partial charge in [0.2, 0.25) is 0 Å². The van der Waals surface area contributed by atoms with Gasteiger partial charge in [0.15, 0.2) is 0 Å². The first-order valence-corrected chi connectivity index (χ1v) is 6.34. The van der Waals surface area contributed by atoms with Gasteiger partial charge in [0, 0.05) is 18.2 Å². The summed E-state index contributed by atoms with van der Waals surface area (Å²) < 4.78 is 0. The summed E-state index contributed by atoms with van der Waals surface area (Å²) in [5.74, 6) is -1.01. The zero-order valence-electron chi connectivity index (χ0n) is 10.6. The third-order valence-corrected chi connectivity index (χ3v) is 3.43. The van der Waals surface area contributed by atoms with Crippen LogP contribution in [0.3, 0.4) is 0 Å². The highest BCUT2D eigenvalue weighted by atomic mass is 16.4. The summed E-state index contributed by atoms with van der Waals surface area (Å²) in [6, 6.07) is 6.54. The fraction of sp³-hybridized carbons (Fsp3) is 0.429. The lowest BCUT2D eigenvalue weighted by atomic mass is 10.1. The molecule has 0 bridgehead atoms. The van der Waals surface area contributed by atoms with Crippen LogP contribution in [-0.2, 0) is 11.4 Å². The Balaban J connectivity index is 2.11. The monoisotopic (exact) mass is 263 g/mol. The van der Waals surface area contributed by atoms with Gasteiger partial charge in [0.05, 0.1) is 13.0 Å². The third kappa shape index (κ3) is 3.12. The summed E-state index contributed by atoms with van der Waals surface area (Å²) in [5.41, 5.74) is 1.29. The van der Waals surface area contributed by atoms with Gasteiger partial charge >= 0.3 is 5.97 Å². The maximum atomic E-state index is 12.3. The van der Waals surface area contributed by atoms with E-state index in [2.05, 4.69) is 0 Å². The molecule has 0 radical (unpaired) electrons. The zero-order valence-corrected chi connectivity index (χ0v) is 10.6. The Morgan fingerprint density at radius 1 is 1.26 bits per heavy atom. The largest absolute Gasteiger partial charge is 0.481 e. The first kappa shape index (κ1) is 13.5. The summed E-state index contributed by atoms with van der Waals surface area (Å²) in [6.45, 7) is 0.554. The van der Waals surface area contributed by atoms with Crippen LogP contribution in [-0.4, -0.2) is 39.6 Å². The van der Waals surface area contributed by atoms with E-state index in [1.54, 1.807) is 29.2 Å². The molecule has 1 aliphatic rings. The number of carbonyl (C=O) groups is 2. The maximum Gasteiger partial charge on any atom is 0.305 e. The van der Waals surface area contributed by atoms with Crippen LogP contribution in [0.25, 0.3) is 0 Å². The smallest absolute Gasteiger partial charge is 0.305 e. The topological polar surface area (TPSA) is 77.8 Å². The standard InChI is InChI=1S/C14H17NO4/c16-9-10-3-5-11(6-4-10)14(19)15-7-1-2-12(15)8-13(17)18/h3-6,12,16H,1-2,7-9H2,(H,17,18). The third-order valence-electron chi connectivity index (χ3n) is 3.43. The number of aliphatic hydroxyl groups excluding tert-OH is 1. The Morgan fingerprint density at radius 2 is 1.95 bits per heavy atom. The molecule has 2 N–H and O–H groups in total. The molecule has 102 valence electrons. The van der Waals surface area contributed by atoms with E-state index in [4.69, 9.17) is 10.2 Å². The van der Waals surface area contributed by atoms with Crippen LogP contribution in [0.5, 0.6) is 0 Å². The molecule has 5 nitrogen and oxygen atoms in total. The molecule has 0 aliphatic carbocycles. The lowest BCUT2D eigenvalue weighted by Crippen LogP contribution is -2.36. The van der Waals surface area contributed by atoms with E-state index in [1.165, 1.54) is 0 Å². The highest BCUT2D eigenvalue weighted by Crippen LogP contribution is 2.22. The van der Waals surface area contributed by atoms with Gasteiger partial charge in [-0.1, -0.05) is 12.1 Å². The number of rotatable bonds is 4. The fourth-order valence-corrected chi connectivity index (χ4v) is 2.44. The summed E-state index contributed by atoms with van der Waals surface area (Å²) in [4.78, 5) is 24.7. The van der Waals surface area contributed by atoms with Gasteiger partial charge in [-0.25, -0.2) is 0 Å². The van der Waals surface area contributed by atoms with Gasteiger partial charge in [0.25, 0.3) is 5.91 Å². The molecule has 2 rings (SSSR count). The molecule has 1 fully saturated rings. The number of benzene rings is 1. The molecule has 1 aromatic carbocycles. The quantitative estimate of drug-likeness (QED) is 0.857. The van der Waals surface area contributed by atoms with E-state index in [1.807, 2.05) is 0 Å². The van der Waals surface area contributed by atoms with Crippen LogP contribution in [0.1, 0.15) is 35.2 Å². The lowest BCUT2D eigenvalue weighted by Gasteiger charge is -2.23. The second-order valence-corrected chi connectivity index (χ2v) is 4.75. The van der Waals surface area contributed by atoms with Crippen LogP contribution in [0.4, 0.5) is 0 Å². The van der Waals surface area contributed by atoms with Crippen LogP contribution < -0.4 is 0 Å². The van der Waals surface area contributed by atoms with Crippen molar-refractivity contribution >= 4 is 11.9 Å². The van der Waals surface area contributed by atoms with E-state index in [0.29, 0.717) is 12.1 Å². The van der Waals surface area contributed by atoms with Gasteiger partial charge in [-0.3, -0.25) is 9.59 Å². The minimum absolute atomic E-state index is 0.000460. The van der Waals surface area contributed by atoms with Crippen molar-refractivity contribution in [1.29, 1.82) is 0 Å². The van der Waals surface area contributed by atoms with Gasteiger partial charge in [0.1, 0.15) is 0 Å². The van der Waals surface area contributed by atoms with Crippen molar-refractivity contribution < 1.29 is 19.8 Å². The summed E-state index contributed by atoms with van der Waals surface area (Å²) in [5, 5.41) is 17.8. The second kappa shape index (κ2) is 5.84. The van der Waals surface area contributed by atoms with Crippen molar-refractivity contribution in [1.82, 2.24) is 4.90 Å². The van der Waals surface area contributed by atoms with Crippen LogP contribution in [0.2, 0.25) is 0 Å². The predicted molar refractivity (Wildman–Crippen MR) is 68.7 cm³/mol. The number of amides is 1. The van der Waals surface area contributed by atoms with Crippen LogP contribution >= 0.6 is 0 Å². The number of aliphatic hydroxyl groups is 1. The van der Waals surface area contributed by atoms with Crippen LogP contribution in [0.15, 0.2) is 24.3 Å². The van der Waals surface area contributed by atoms with E-state index < -0.39 is 5.97 Å². The second-order valence-electron chi connectivity index (χ2n) is 4.75. The molecule has 1 saturated heterocycles. The number of nitrogens with zero attached hydrogens (tertiary/aromatic N) is 1. The highest BCUT2D eigenvalue weighted by molar-refractivity contribution is 5.94. The molecule has 1 aromatic rings. The molecule has 1 atom stereocenters. The minimum atomic E-state index is -0.875. The lowest BCUT2D eigenvalue weighted by molar-refractivity contribution is -0.137. The number of hydrogen-bond donors (Lipinski definition) is 2. The molecular formula is C14H17NO4. The van der Waals surface area contributed by atoms with Crippen molar-refractivity contribution in [2.45, 2.75) is 31.9 Å². The van der Waals surface area contributed by atoms with Gasteiger partial charge in [-0.2, -0.15) is 0 Å². The maximum absolute atomic E-state index is 12.3. The molecule has 5 heteroatoms. The van der Waals surface area contributed by atoms with Gasteiger partial charge < -0.3 is 15.1 Å². The number of carbonyl (C=O) groups excluding carboxylic acids is 1. The minimum Gasteiger partial charge on any atom is -0.481 e. The molecule has 0 spiro atoms. The Hall–Kier alpha value is -1.88. The molecule has 0 saturated carbocycles. The Bertz CT molecular complexity index is 469. The SMILES string of the molecule is O=C(O)CC1CCCN1C(=O)c1ccc(CO)cc1. The van der Waals surface area contributed by atoms with E-state index in [-0.39, 0.29) is 25.0 Å². The summed E-state index contributed by atoms with van der Waals surface area (Å²) in [6.07, 6.45) is 1.59. The Morgan fingerprint density at radius 3 is 2.53 bits per heavy atom. The average Bonchev–Trinajstić information content (AvgIpc) is 2.85. The van der Waals surface area contributed by atoms with E-state index >= 15 is 0 Å². The first-order valence-electron chi connectivity index (χ1n) is 6.34. The first-order chi connectivity index (χ1) is 9.11. The van der Waals surface area contributed by atoms with Crippen molar-refractivity contribution in [3.63, 3.8) is 0 Å². The van der Waals surface area contributed by atoms with Crippen molar-refractivity contribution in [2.75, 3.05) is 6.54 Å². The summed E-state index contributed by atoms with van der Waals surface area (Å²) >= 11 is 0. The highest BCUT2D eigenvalue weighted by Gasteiger charge is 2.30. The predicted octanol–water partition coefficient (Wildman–Crippen LogP) is 1.26. The molecular weight excluding hydrogens is 246 g/mol. The Labute approximate surface area is 111 Å². The molecule has 1 unspecified atom stereocenters. The van der Waals surface area contributed by atoms with E-state index in [9.17, 15) is 9.59 Å². The molecule has 1 amide bonds. The zero-order chi connectivity index (χ0) is 13.8. The van der Waals surface area contributed by atoms with E-state index in [0.717, 1.165) is 18.4 Å². The summed E-state index contributed by atoms with van der Waals surface area (Å²) in [7, 11) is 0. The molecule has 1 aliphatic heterocycles. The number of likely N-dealkylation sites (tertiary alicyclic amines) is 1. The van der Waals surface area contributed by atoms with Crippen LogP contribution in [0, 0.1) is 0 Å². The molecule has 0 aromatic heterocycles. The number of carboxylic acid groups (broad SMARTS) is 1. The van der Waals surface area contributed by atoms with Crippen molar-refractivity contribution in [3.8, 4) is 0 Å². The van der Waals surface area contributed by atoms with Gasteiger partial charge in [-0.05, 0) is 30.5 Å². The van der Waals surface area contributed by atoms with Crippen molar-refractivity contribution in [2.24, 2.45) is 0 Å². The fourth-order valence-electron chi connectivity index (χ4n) is 2.44.